The zero-order valence-electron chi connectivity index (χ0n) is 19.6. The van der Waals surface area contributed by atoms with Crippen LogP contribution in [0, 0.1) is 0 Å². The maximum absolute atomic E-state index is 12.9. The second-order valence-electron chi connectivity index (χ2n) is 9.11. The predicted octanol–water partition coefficient (Wildman–Crippen LogP) is 4.50. The van der Waals surface area contributed by atoms with Gasteiger partial charge in [0.15, 0.2) is 5.76 Å². The summed E-state index contributed by atoms with van der Waals surface area (Å²) in [4.78, 5) is 32.1. The van der Waals surface area contributed by atoms with Crippen LogP contribution >= 0.6 is 0 Å². The van der Waals surface area contributed by atoms with Gasteiger partial charge in [0.25, 0.3) is 5.91 Å². The van der Waals surface area contributed by atoms with Crippen molar-refractivity contribution >= 4 is 28.8 Å². The summed E-state index contributed by atoms with van der Waals surface area (Å²) < 4.78 is 7.57. The quantitative estimate of drug-likeness (QED) is 0.418. The molecule has 0 aliphatic carbocycles. The molecule has 0 radical (unpaired) electrons. The minimum Gasteiger partial charge on any atom is -0.508 e. The number of ether oxygens (including phenoxy) is 1. The van der Waals surface area contributed by atoms with Crippen molar-refractivity contribution in [2.45, 2.75) is 12.8 Å². The summed E-state index contributed by atoms with van der Waals surface area (Å²) >= 11 is 0. The molecule has 36 heavy (non-hydrogen) atoms. The number of carbonyl (C=O) groups is 2. The molecule has 4 aromatic rings. The van der Waals surface area contributed by atoms with Crippen LogP contribution in [0.1, 0.15) is 39.1 Å². The lowest BCUT2D eigenvalue weighted by Gasteiger charge is -2.15. The topological polar surface area (TPSA) is 105 Å². The van der Waals surface area contributed by atoms with Crippen molar-refractivity contribution in [3.63, 3.8) is 0 Å². The van der Waals surface area contributed by atoms with Crippen LogP contribution in [0.2, 0.25) is 0 Å². The largest absolute Gasteiger partial charge is 0.508 e. The fourth-order valence-electron chi connectivity index (χ4n) is 5.00. The van der Waals surface area contributed by atoms with Crippen LogP contribution in [0.4, 0.5) is 0 Å². The van der Waals surface area contributed by atoms with Crippen LogP contribution in [-0.4, -0.2) is 49.4 Å². The van der Waals surface area contributed by atoms with Crippen LogP contribution in [0.15, 0.2) is 60.6 Å². The van der Waals surface area contributed by atoms with E-state index in [1.54, 1.807) is 12.3 Å². The van der Waals surface area contributed by atoms with Crippen LogP contribution in [0.5, 0.6) is 17.2 Å². The Labute approximate surface area is 206 Å². The number of fused-ring (bicyclic) bond motifs is 2. The number of rotatable bonds is 3. The SMILES string of the molecule is Cn1cc(/C=C2\Oc3cc(O)cc(O)c3C2=O)c2c(-c3ccc(C(=O)N4CCCC4)cc3)ccnc21. The maximum atomic E-state index is 12.9. The molecule has 8 nitrogen and oxygen atoms in total. The van der Waals surface area contributed by atoms with Gasteiger partial charge in [-0.15, -0.1) is 0 Å². The van der Waals surface area contributed by atoms with E-state index in [-0.39, 0.29) is 34.5 Å². The number of aryl methyl sites for hydroxylation is 1. The lowest BCUT2D eigenvalue weighted by atomic mass is 9.99. The number of hydrogen-bond donors (Lipinski definition) is 2. The molecule has 4 heterocycles. The van der Waals surface area contributed by atoms with Gasteiger partial charge in [-0.1, -0.05) is 12.1 Å². The highest BCUT2D eigenvalue weighted by atomic mass is 16.5. The standard InChI is InChI=1S/C28H23N3O5/c1-30-15-18(12-23-26(34)25-21(33)13-19(32)14-22(25)36-23)24-20(8-9-29-27(24)30)16-4-6-17(7-5-16)28(35)31-10-2-3-11-31/h4-9,12-15,32-33H,2-3,10-11H2,1H3/b23-12-. The molecule has 2 aromatic heterocycles. The number of hydrogen-bond acceptors (Lipinski definition) is 6. The Kier molecular flexibility index (Phi) is 5.03. The molecule has 0 bridgehead atoms. The maximum Gasteiger partial charge on any atom is 0.253 e. The van der Waals surface area contributed by atoms with Gasteiger partial charge >= 0.3 is 0 Å². The highest BCUT2D eigenvalue weighted by molar-refractivity contribution is 6.17. The van der Waals surface area contributed by atoms with Gasteiger partial charge in [0.05, 0.1) is 0 Å². The number of allylic oxidation sites excluding steroid dienone is 1. The van der Waals surface area contributed by atoms with E-state index < -0.39 is 5.78 Å². The van der Waals surface area contributed by atoms with Gasteiger partial charge in [-0.3, -0.25) is 9.59 Å². The Balaban J connectivity index is 1.41. The minimum absolute atomic E-state index is 0.0240. The lowest BCUT2D eigenvalue weighted by molar-refractivity contribution is 0.0792. The van der Waals surface area contributed by atoms with Gasteiger partial charge in [0.2, 0.25) is 5.78 Å². The number of Topliss-reactive ketones (excluding diaryl/α,β-unsaturated/α-hetero) is 1. The average Bonchev–Trinajstić information content (AvgIpc) is 3.58. The number of nitrogens with zero attached hydrogens (tertiary/aromatic N) is 3. The average molecular weight is 482 g/mol. The number of aromatic hydroxyl groups is 2. The normalized spacial score (nSPS) is 16.1. The monoisotopic (exact) mass is 481 g/mol. The van der Waals surface area contributed by atoms with E-state index in [9.17, 15) is 19.8 Å². The van der Waals surface area contributed by atoms with E-state index >= 15 is 0 Å². The third kappa shape index (κ3) is 3.50. The molecule has 0 spiro atoms. The Morgan fingerprint density at radius 3 is 2.58 bits per heavy atom. The number of aromatic nitrogens is 2. The van der Waals surface area contributed by atoms with Gasteiger partial charge in [-0.05, 0) is 48.2 Å². The number of carbonyl (C=O) groups excluding carboxylic acids is 2. The van der Waals surface area contributed by atoms with Crippen molar-refractivity contribution in [2.75, 3.05) is 13.1 Å². The zero-order valence-corrected chi connectivity index (χ0v) is 19.6. The number of amides is 1. The molecule has 0 atom stereocenters. The van der Waals surface area contributed by atoms with E-state index in [1.165, 1.54) is 6.07 Å². The van der Waals surface area contributed by atoms with Crippen molar-refractivity contribution in [2.24, 2.45) is 7.05 Å². The molecule has 1 amide bonds. The summed E-state index contributed by atoms with van der Waals surface area (Å²) in [6.07, 6.45) is 7.30. The number of benzene rings is 2. The predicted molar refractivity (Wildman–Crippen MR) is 134 cm³/mol. The summed E-state index contributed by atoms with van der Waals surface area (Å²) in [5, 5.41) is 20.7. The van der Waals surface area contributed by atoms with E-state index in [0.29, 0.717) is 11.1 Å². The molecular weight excluding hydrogens is 458 g/mol. The van der Waals surface area contributed by atoms with E-state index in [1.807, 2.05) is 53.0 Å². The van der Waals surface area contributed by atoms with Crippen LogP contribution in [0.25, 0.3) is 28.2 Å². The van der Waals surface area contributed by atoms with Crippen LogP contribution < -0.4 is 4.74 Å². The Hall–Kier alpha value is -4.59. The fourth-order valence-corrected chi connectivity index (χ4v) is 5.00. The minimum atomic E-state index is -0.463. The molecule has 2 aromatic carbocycles. The van der Waals surface area contributed by atoms with Crippen molar-refractivity contribution < 1.29 is 24.5 Å². The van der Waals surface area contributed by atoms with Gasteiger partial charge in [0, 0.05) is 61.2 Å². The molecule has 180 valence electrons. The Bertz CT molecular complexity index is 1580. The number of phenols is 2. The Morgan fingerprint density at radius 1 is 1.08 bits per heavy atom. The summed E-state index contributed by atoms with van der Waals surface area (Å²) in [5.74, 6) is -0.782. The molecular formula is C28H23N3O5. The molecule has 1 saturated heterocycles. The molecule has 6 rings (SSSR count). The number of ketones is 1. The summed E-state index contributed by atoms with van der Waals surface area (Å²) in [6.45, 7) is 1.60. The number of pyridine rings is 1. The Morgan fingerprint density at radius 2 is 1.83 bits per heavy atom. The van der Waals surface area contributed by atoms with Crippen molar-refractivity contribution in [1.29, 1.82) is 0 Å². The summed E-state index contributed by atoms with van der Waals surface area (Å²) in [7, 11) is 1.87. The second-order valence-corrected chi connectivity index (χ2v) is 9.11. The summed E-state index contributed by atoms with van der Waals surface area (Å²) in [5.41, 5.74) is 3.93. The van der Waals surface area contributed by atoms with Crippen molar-refractivity contribution in [3.05, 3.63) is 77.3 Å². The lowest BCUT2D eigenvalue weighted by Crippen LogP contribution is -2.27. The van der Waals surface area contributed by atoms with Crippen LogP contribution in [0.3, 0.4) is 0 Å². The first-order valence-corrected chi connectivity index (χ1v) is 11.7. The first-order valence-electron chi connectivity index (χ1n) is 11.7. The zero-order chi connectivity index (χ0) is 25.0. The molecule has 0 unspecified atom stereocenters. The first kappa shape index (κ1) is 21.9. The van der Waals surface area contributed by atoms with Gasteiger partial charge in [0.1, 0.15) is 28.5 Å². The molecule has 2 N–H and O–H groups in total. The van der Waals surface area contributed by atoms with Gasteiger partial charge in [-0.2, -0.15) is 0 Å². The highest BCUT2D eigenvalue weighted by Crippen LogP contribution is 2.41. The first-order chi connectivity index (χ1) is 17.4. The van der Waals surface area contributed by atoms with E-state index in [2.05, 4.69) is 4.98 Å². The highest BCUT2D eigenvalue weighted by Gasteiger charge is 2.32. The van der Waals surface area contributed by atoms with Crippen molar-refractivity contribution in [3.8, 4) is 28.4 Å². The smallest absolute Gasteiger partial charge is 0.253 e. The molecule has 1 fully saturated rings. The molecule has 2 aliphatic rings. The fraction of sp³-hybridized carbons (Fsp3) is 0.179. The molecule has 8 heteroatoms. The second kappa shape index (κ2) is 8.27. The third-order valence-electron chi connectivity index (χ3n) is 6.75. The summed E-state index contributed by atoms with van der Waals surface area (Å²) in [6, 6.07) is 11.9. The third-order valence-corrected chi connectivity index (χ3v) is 6.75. The van der Waals surface area contributed by atoms with Gasteiger partial charge < -0.3 is 24.4 Å². The molecule has 0 saturated carbocycles. The number of phenolic OH excluding ortho intramolecular Hbond substituents is 2. The van der Waals surface area contributed by atoms with Crippen LogP contribution in [-0.2, 0) is 7.05 Å². The number of likely N-dealkylation sites (tertiary alicyclic amines) is 1. The van der Waals surface area contributed by atoms with E-state index in [0.717, 1.165) is 54.2 Å². The molecule has 2 aliphatic heterocycles. The van der Waals surface area contributed by atoms with Crippen molar-refractivity contribution in [1.82, 2.24) is 14.5 Å². The van der Waals surface area contributed by atoms with E-state index in [4.69, 9.17) is 4.74 Å². The van der Waals surface area contributed by atoms with Gasteiger partial charge in [-0.25, -0.2) is 4.98 Å².